The number of β-amino-alcohol motifs (C(OH)–C–C–N with tert-alkyl or cyclic N) is 1. The molecule has 0 spiro atoms. The molecule has 3 aliphatic heterocycles. The van der Waals surface area contributed by atoms with E-state index in [0.717, 1.165) is 7.11 Å². The number of carbonyl (C=O) groups is 2. The van der Waals surface area contributed by atoms with E-state index in [9.17, 15) is 45.3 Å². The number of esters is 1. The van der Waals surface area contributed by atoms with Gasteiger partial charge in [0.25, 0.3) is 0 Å². The molecule has 0 amide bonds. The Bertz CT molecular complexity index is 967. The summed E-state index contributed by atoms with van der Waals surface area (Å²) in [7, 11) is 1.15. The standard InChI is InChI=1S/C20H25NO12/c1-31-17-12(24)7(4-21-3-6(23)2-8(21)19(28)29)10-11(14(17)26)16-18(33-20(10)30)15(27)13(25)9(5-22)32-16/h6,8-9,13,15-16,18,22-27H,2-5H2,1H3,(H,28,29)/t6-,8?,9+,13+,15-,16-,18+/m0/s1. The molecule has 182 valence electrons. The van der Waals surface area contributed by atoms with Crippen LogP contribution in [0.4, 0.5) is 0 Å². The number of ether oxygens (including phenoxy) is 3. The number of aromatic hydroxyl groups is 2. The molecule has 4 rings (SSSR count). The molecule has 3 aliphatic rings. The van der Waals surface area contributed by atoms with Crippen molar-refractivity contribution in [1.82, 2.24) is 4.90 Å². The maximum atomic E-state index is 13.0. The molecule has 7 N–H and O–H groups in total. The molecule has 1 aromatic carbocycles. The number of carboxylic acid groups (broad SMARTS) is 1. The number of phenolic OH excluding ortho intramolecular Hbond substituents is 2. The average molecular weight is 471 g/mol. The van der Waals surface area contributed by atoms with E-state index in [-0.39, 0.29) is 36.2 Å². The highest BCUT2D eigenvalue weighted by molar-refractivity contribution is 5.97. The Labute approximate surface area is 187 Å². The zero-order valence-corrected chi connectivity index (χ0v) is 17.5. The van der Waals surface area contributed by atoms with Crippen molar-refractivity contribution >= 4 is 11.9 Å². The van der Waals surface area contributed by atoms with Gasteiger partial charge in [-0.15, -0.1) is 0 Å². The number of nitrogens with zero attached hydrogens (tertiary/aromatic N) is 1. The predicted molar refractivity (Wildman–Crippen MR) is 105 cm³/mol. The van der Waals surface area contributed by atoms with Crippen LogP contribution in [-0.4, -0.2) is 109 Å². The van der Waals surface area contributed by atoms with Crippen molar-refractivity contribution in [1.29, 1.82) is 0 Å². The van der Waals surface area contributed by atoms with Gasteiger partial charge in [-0.25, -0.2) is 4.79 Å². The minimum absolute atomic E-state index is 0.0521. The second-order valence-electron chi connectivity index (χ2n) is 8.30. The van der Waals surface area contributed by atoms with Crippen molar-refractivity contribution < 1.29 is 59.5 Å². The van der Waals surface area contributed by atoms with Gasteiger partial charge in [0, 0.05) is 30.6 Å². The lowest BCUT2D eigenvalue weighted by molar-refractivity contribution is -0.235. The van der Waals surface area contributed by atoms with Gasteiger partial charge in [-0.2, -0.15) is 0 Å². The van der Waals surface area contributed by atoms with E-state index in [1.807, 2.05) is 0 Å². The molecule has 13 heteroatoms. The lowest BCUT2D eigenvalue weighted by Crippen LogP contribution is -2.58. The number of methoxy groups -OCH3 is 1. The van der Waals surface area contributed by atoms with Crippen molar-refractivity contribution in [2.45, 2.75) is 55.6 Å². The fourth-order valence-electron chi connectivity index (χ4n) is 4.78. The summed E-state index contributed by atoms with van der Waals surface area (Å²) < 4.78 is 16.0. The summed E-state index contributed by atoms with van der Waals surface area (Å²) in [6.07, 6.45) is -8.26. The fourth-order valence-corrected chi connectivity index (χ4v) is 4.78. The molecule has 1 aromatic rings. The van der Waals surface area contributed by atoms with Crippen LogP contribution in [0.2, 0.25) is 0 Å². The largest absolute Gasteiger partial charge is 0.504 e. The molecule has 1 unspecified atom stereocenters. The van der Waals surface area contributed by atoms with Crippen molar-refractivity contribution in [2.75, 3.05) is 20.3 Å². The van der Waals surface area contributed by atoms with Crippen LogP contribution in [0.3, 0.4) is 0 Å². The lowest BCUT2D eigenvalue weighted by atomic mass is 9.84. The normalized spacial score (nSPS) is 33.8. The molecule has 0 saturated carbocycles. The van der Waals surface area contributed by atoms with E-state index in [0.29, 0.717) is 0 Å². The van der Waals surface area contributed by atoms with E-state index in [1.54, 1.807) is 0 Å². The maximum absolute atomic E-state index is 13.0. The highest BCUT2D eigenvalue weighted by atomic mass is 16.6. The van der Waals surface area contributed by atoms with Gasteiger partial charge in [0.05, 0.1) is 25.4 Å². The minimum Gasteiger partial charge on any atom is -0.504 e. The number of benzene rings is 1. The number of phenols is 2. The van der Waals surface area contributed by atoms with E-state index >= 15 is 0 Å². The summed E-state index contributed by atoms with van der Waals surface area (Å²) >= 11 is 0. The van der Waals surface area contributed by atoms with E-state index in [2.05, 4.69) is 0 Å². The number of likely N-dealkylation sites (tertiary alicyclic amines) is 1. The van der Waals surface area contributed by atoms with Gasteiger partial charge in [-0.3, -0.25) is 9.69 Å². The van der Waals surface area contributed by atoms with Crippen LogP contribution in [-0.2, 0) is 20.8 Å². The monoisotopic (exact) mass is 471 g/mol. The van der Waals surface area contributed by atoms with Crippen molar-refractivity contribution in [2.24, 2.45) is 0 Å². The second-order valence-corrected chi connectivity index (χ2v) is 8.30. The summed E-state index contributed by atoms with van der Waals surface area (Å²) in [5.74, 6) is -3.99. The number of hydrogen-bond donors (Lipinski definition) is 7. The fraction of sp³-hybridized carbons (Fsp3) is 0.600. The Kier molecular flexibility index (Phi) is 6.11. The van der Waals surface area contributed by atoms with Gasteiger partial charge in [-0.1, -0.05) is 0 Å². The van der Waals surface area contributed by atoms with Gasteiger partial charge in [-0.05, 0) is 0 Å². The summed E-state index contributed by atoms with van der Waals surface area (Å²) in [6, 6.07) is -1.09. The highest BCUT2D eigenvalue weighted by Crippen LogP contribution is 2.52. The number of carboxylic acids is 1. The van der Waals surface area contributed by atoms with Crippen LogP contribution >= 0.6 is 0 Å². The minimum atomic E-state index is -1.65. The third-order valence-corrected chi connectivity index (χ3v) is 6.37. The Morgan fingerprint density at radius 1 is 1.18 bits per heavy atom. The highest BCUT2D eigenvalue weighted by Gasteiger charge is 2.53. The Balaban J connectivity index is 1.86. The number of aliphatic hydroxyl groups excluding tert-OH is 4. The van der Waals surface area contributed by atoms with Gasteiger partial charge in [0.2, 0.25) is 5.75 Å². The average Bonchev–Trinajstić information content (AvgIpc) is 3.14. The first-order chi connectivity index (χ1) is 15.6. The number of fused-ring (bicyclic) bond motifs is 3. The van der Waals surface area contributed by atoms with Crippen LogP contribution in [0, 0.1) is 0 Å². The van der Waals surface area contributed by atoms with E-state index in [1.165, 1.54) is 4.90 Å². The van der Waals surface area contributed by atoms with E-state index < -0.39 is 78.5 Å². The molecular weight excluding hydrogens is 446 g/mol. The van der Waals surface area contributed by atoms with Crippen LogP contribution in [0.5, 0.6) is 17.2 Å². The molecule has 33 heavy (non-hydrogen) atoms. The van der Waals surface area contributed by atoms with Crippen molar-refractivity contribution in [3.8, 4) is 17.2 Å². The number of aliphatic carboxylic acids is 1. The first-order valence-corrected chi connectivity index (χ1v) is 10.2. The first kappa shape index (κ1) is 23.5. The maximum Gasteiger partial charge on any atom is 0.339 e. The molecular formula is C20H25NO12. The third kappa shape index (κ3) is 3.66. The molecule has 0 aromatic heterocycles. The van der Waals surface area contributed by atoms with Gasteiger partial charge < -0.3 is 50.0 Å². The Hall–Kier alpha value is -2.68. The zero-order valence-electron chi connectivity index (χ0n) is 17.5. The summed E-state index contributed by atoms with van der Waals surface area (Å²) in [5, 5.41) is 71.1. The molecule has 0 aliphatic carbocycles. The molecule has 2 fully saturated rings. The SMILES string of the molecule is COc1c(O)c(CN2C[C@@H](O)CC2C(=O)O)c2c(c1O)[C@@H]1O[C@H](CO)[C@@H](O)[C@H](O)[C@H]1OC2=O. The first-order valence-electron chi connectivity index (χ1n) is 10.2. The number of aliphatic hydroxyl groups is 4. The lowest BCUT2D eigenvalue weighted by Gasteiger charge is -2.45. The molecule has 13 nitrogen and oxygen atoms in total. The van der Waals surface area contributed by atoms with Crippen LogP contribution in [0.1, 0.15) is 34.0 Å². The van der Waals surface area contributed by atoms with Crippen LogP contribution < -0.4 is 4.74 Å². The quantitative estimate of drug-likeness (QED) is 0.228. The van der Waals surface area contributed by atoms with Crippen molar-refractivity contribution in [3.63, 3.8) is 0 Å². The zero-order chi connectivity index (χ0) is 24.2. The second kappa shape index (κ2) is 8.59. The summed E-state index contributed by atoms with van der Waals surface area (Å²) in [4.78, 5) is 25.9. The van der Waals surface area contributed by atoms with Gasteiger partial charge >= 0.3 is 11.9 Å². The molecule has 3 heterocycles. The van der Waals surface area contributed by atoms with E-state index in [4.69, 9.17) is 14.2 Å². The van der Waals surface area contributed by atoms with Crippen LogP contribution in [0.15, 0.2) is 0 Å². The van der Waals surface area contributed by atoms with Gasteiger partial charge in [0.1, 0.15) is 30.5 Å². The molecule has 0 bridgehead atoms. The Morgan fingerprint density at radius 2 is 1.88 bits per heavy atom. The number of carbonyl (C=O) groups excluding carboxylic acids is 1. The number of rotatable bonds is 5. The van der Waals surface area contributed by atoms with Crippen LogP contribution in [0.25, 0.3) is 0 Å². The third-order valence-electron chi connectivity index (χ3n) is 6.37. The molecule has 0 radical (unpaired) electrons. The topological polar surface area (TPSA) is 207 Å². The smallest absolute Gasteiger partial charge is 0.339 e. The predicted octanol–water partition coefficient (Wildman–Crippen LogP) is -2.18. The van der Waals surface area contributed by atoms with Gasteiger partial charge in [0.15, 0.2) is 17.6 Å². The summed E-state index contributed by atoms with van der Waals surface area (Å²) in [6.45, 7) is -1.05. The Morgan fingerprint density at radius 3 is 2.48 bits per heavy atom. The van der Waals surface area contributed by atoms with Crippen molar-refractivity contribution in [3.05, 3.63) is 16.7 Å². The molecule has 7 atom stereocenters. The summed E-state index contributed by atoms with van der Waals surface area (Å²) in [5.41, 5.74) is -0.650. The number of hydrogen-bond acceptors (Lipinski definition) is 12. The molecule has 2 saturated heterocycles.